The second-order valence-electron chi connectivity index (χ2n) is 5.22. The Kier molecular flexibility index (Phi) is 6.51. The highest BCUT2D eigenvalue weighted by atomic mass is 16.4. The van der Waals surface area contributed by atoms with Crippen LogP contribution in [0.1, 0.15) is 19.5 Å². The van der Waals surface area contributed by atoms with Gasteiger partial charge in [-0.05, 0) is 5.92 Å². The van der Waals surface area contributed by atoms with Crippen LogP contribution < -0.4 is 16.4 Å². The van der Waals surface area contributed by atoms with Crippen LogP contribution in [0.25, 0.3) is 0 Å². The number of nitrogens with one attached hydrogen (secondary N) is 3. The van der Waals surface area contributed by atoms with Gasteiger partial charge in [-0.25, -0.2) is 4.98 Å². The van der Waals surface area contributed by atoms with Crippen molar-refractivity contribution in [1.82, 2.24) is 20.6 Å². The van der Waals surface area contributed by atoms with Gasteiger partial charge in [-0.15, -0.1) is 0 Å². The summed E-state index contributed by atoms with van der Waals surface area (Å²) >= 11 is 0. The first kappa shape index (κ1) is 17.6. The van der Waals surface area contributed by atoms with Crippen LogP contribution in [0.2, 0.25) is 0 Å². The van der Waals surface area contributed by atoms with Crippen molar-refractivity contribution in [3.05, 3.63) is 18.2 Å². The monoisotopic (exact) mass is 311 g/mol. The fourth-order valence-electron chi connectivity index (χ4n) is 1.68. The van der Waals surface area contributed by atoms with Gasteiger partial charge in [0, 0.05) is 18.3 Å². The van der Waals surface area contributed by atoms with E-state index in [1.54, 1.807) is 13.8 Å². The lowest BCUT2D eigenvalue weighted by Gasteiger charge is -2.21. The minimum absolute atomic E-state index is 0.0881. The molecule has 0 aliphatic rings. The number of imidazole rings is 1. The number of aromatic nitrogens is 2. The topological polar surface area (TPSA) is 150 Å². The van der Waals surface area contributed by atoms with Crippen molar-refractivity contribution in [2.45, 2.75) is 32.4 Å². The number of carboxylic acids is 1. The number of hydrogen-bond acceptors (Lipinski definition) is 5. The number of carboxylic acid groups (broad SMARTS) is 1. The molecule has 1 aromatic heterocycles. The summed E-state index contributed by atoms with van der Waals surface area (Å²) in [5.41, 5.74) is 6.38. The number of aromatic amines is 1. The third kappa shape index (κ3) is 5.52. The highest BCUT2D eigenvalue weighted by molar-refractivity contribution is 5.91. The highest BCUT2D eigenvalue weighted by Gasteiger charge is 2.26. The quantitative estimate of drug-likeness (QED) is 0.399. The zero-order valence-corrected chi connectivity index (χ0v) is 12.5. The summed E-state index contributed by atoms with van der Waals surface area (Å²) in [6, 6.07) is -1.69. The molecule has 0 aliphatic heterocycles. The number of rotatable bonds is 8. The Balaban J connectivity index is 2.75. The van der Waals surface area contributed by atoms with Crippen molar-refractivity contribution in [2.24, 2.45) is 11.7 Å². The first-order valence-electron chi connectivity index (χ1n) is 6.84. The SMILES string of the molecule is CC(C)C(N)C(=O)NC(Cc1cnc[nH]1)C(=O)NCC(=O)O. The molecule has 0 saturated heterocycles. The van der Waals surface area contributed by atoms with Crippen molar-refractivity contribution in [3.8, 4) is 0 Å². The van der Waals surface area contributed by atoms with Crippen molar-refractivity contribution in [2.75, 3.05) is 6.54 Å². The summed E-state index contributed by atoms with van der Waals surface area (Å²) < 4.78 is 0. The normalized spacial score (nSPS) is 13.5. The molecule has 0 spiro atoms. The fraction of sp³-hybridized carbons (Fsp3) is 0.538. The van der Waals surface area contributed by atoms with E-state index >= 15 is 0 Å². The van der Waals surface area contributed by atoms with Gasteiger partial charge in [0.2, 0.25) is 11.8 Å². The first-order valence-corrected chi connectivity index (χ1v) is 6.84. The van der Waals surface area contributed by atoms with Gasteiger partial charge in [0.05, 0.1) is 12.4 Å². The smallest absolute Gasteiger partial charge is 0.322 e. The molecule has 122 valence electrons. The molecule has 9 nitrogen and oxygen atoms in total. The number of hydrogen-bond donors (Lipinski definition) is 5. The average molecular weight is 311 g/mol. The van der Waals surface area contributed by atoms with Crippen LogP contribution in [0.3, 0.4) is 0 Å². The minimum atomic E-state index is -1.17. The number of amides is 2. The van der Waals surface area contributed by atoms with Crippen LogP contribution in [0.4, 0.5) is 0 Å². The molecule has 0 radical (unpaired) electrons. The zero-order valence-electron chi connectivity index (χ0n) is 12.5. The summed E-state index contributed by atoms with van der Waals surface area (Å²) in [6.45, 7) is 3.06. The molecule has 2 atom stereocenters. The van der Waals surface area contributed by atoms with Gasteiger partial charge in [-0.2, -0.15) is 0 Å². The van der Waals surface area contributed by atoms with Crippen molar-refractivity contribution in [3.63, 3.8) is 0 Å². The molecule has 22 heavy (non-hydrogen) atoms. The molecule has 0 fully saturated rings. The molecule has 6 N–H and O–H groups in total. The Morgan fingerprint density at radius 1 is 1.36 bits per heavy atom. The lowest BCUT2D eigenvalue weighted by Crippen LogP contribution is -2.54. The van der Waals surface area contributed by atoms with Gasteiger partial charge in [0.25, 0.3) is 0 Å². The van der Waals surface area contributed by atoms with Gasteiger partial charge in [0.1, 0.15) is 12.6 Å². The molecular formula is C13H21N5O4. The van der Waals surface area contributed by atoms with Crippen LogP contribution in [0, 0.1) is 5.92 Å². The van der Waals surface area contributed by atoms with Crippen LogP contribution in [-0.4, -0.2) is 51.5 Å². The van der Waals surface area contributed by atoms with Crippen LogP contribution in [0.5, 0.6) is 0 Å². The van der Waals surface area contributed by atoms with Crippen LogP contribution in [-0.2, 0) is 20.8 Å². The zero-order chi connectivity index (χ0) is 16.7. The van der Waals surface area contributed by atoms with Crippen molar-refractivity contribution in [1.29, 1.82) is 0 Å². The van der Waals surface area contributed by atoms with E-state index in [9.17, 15) is 14.4 Å². The number of carbonyl (C=O) groups is 3. The molecule has 9 heteroatoms. The number of H-pyrrole nitrogens is 1. The van der Waals surface area contributed by atoms with Gasteiger partial charge in [0.15, 0.2) is 0 Å². The molecule has 0 aliphatic carbocycles. The van der Waals surface area contributed by atoms with Crippen molar-refractivity contribution < 1.29 is 19.5 Å². The van der Waals surface area contributed by atoms with E-state index in [0.29, 0.717) is 5.69 Å². The molecule has 1 aromatic rings. The van der Waals surface area contributed by atoms with Gasteiger partial charge >= 0.3 is 5.97 Å². The molecule has 1 rings (SSSR count). The molecule has 0 bridgehead atoms. The first-order chi connectivity index (χ1) is 10.3. The Bertz CT molecular complexity index is 515. The van der Waals surface area contributed by atoms with Gasteiger partial charge in [-0.1, -0.05) is 13.8 Å². The average Bonchev–Trinajstić information content (AvgIpc) is 2.95. The summed E-state index contributed by atoms with van der Waals surface area (Å²) in [5, 5.41) is 13.4. The summed E-state index contributed by atoms with van der Waals surface area (Å²) in [4.78, 5) is 41.2. The summed E-state index contributed by atoms with van der Waals surface area (Å²) in [6.07, 6.45) is 3.12. The standard InChI is InChI=1S/C13H21N5O4/c1-7(2)11(14)13(22)18-9(3-8-4-15-6-17-8)12(21)16-5-10(19)20/h4,6-7,9,11H,3,5,14H2,1-2H3,(H,15,17)(H,16,21)(H,18,22)(H,19,20). The highest BCUT2D eigenvalue weighted by Crippen LogP contribution is 2.02. The maximum Gasteiger partial charge on any atom is 0.322 e. The van der Waals surface area contributed by atoms with Crippen LogP contribution >= 0.6 is 0 Å². The van der Waals surface area contributed by atoms with Crippen LogP contribution in [0.15, 0.2) is 12.5 Å². The lowest BCUT2D eigenvalue weighted by atomic mass is 10.0. The number of aliphatic carboxylic acids is 1. The largest absolute Gasteiger partial charge is 0.480 e. The van der Waals surface area contributed by atoms with E-state index < -0.39 is 36.4 Å². The molecule has 2 unspecified atom stereocenters. The van der Waals surface area contributed by atoms with E-state index in [4.69, 9.17) is 10.8 Å². The number of nitrogens with two attached hydrogens (primary N) is 1. The van der Waals surface area contributed by atoms with Gasteiger partial charge in [-0.3, -0.25) is 14.4 Å². The Labute approximate surface area is 127 Å². The predicted octanol–water partition coefficient (Wildman–Crippen LogP) is -1.38. The van der Waals surface area contributed by atoms with Crippen molar-refractivity contribution >= 4 is 17.8 Å². The van der Waals surface area contributed by atoms with Gasteiger partial charge < -0.3 is 26.5 Å². The molecule has 0 saturated carbocycles. The summed E-state index contributed by atoms with van der Waals surface area (Å²) in [7, 11) is 0. The van der Waals surface area contributed by atoms with E-state index in [1.165, 1.54) is 12.5 Å². The molecule has 2 amide bonds. The second-order valence-corrected chi connectivity index (χ2v) is 5.22. The minimum Gasteiger partial charge on any atom is -0.480 e. The third-order valence-electron chi connectivity index (χ3n) is 3.05. The van der Waals surface area contributed by atoms with E-state index in [2.05, 4.69) is 20.6 Å². The molecular weight excluding hydrogens is 290 g/mol. The fourth-order valence-corrected chi connectivity index (χ4v) is 1.68. The Hall–Kier alpha value is -2.42. The van der Waals surface area contributed by atoms with E-state index in [1.807, 2.05) is 0 Å². The maximum atomic E-state index is 12.0. The lowest BCUT2D eigenvalue weighted by molar-refractivity contribution is -0.138. The van der Waals surface area contributed by atoms with E-state index in [0.717, 1.165) is 0 Å². The predicted molar refractivity (Wildman–Crippen MR) is 77.7 cm³/mol. The van der Waals surface area contributed by atoms with E-state index in [-0.39, 0.29) is 12.3 Å². The maximum absolute atomic E-state index is 12.0. The summed E-state index contributed by atoms with van der Waals surface area (Å²) in [5.74, 6) is -2.32. The number of carbonyl (C=O) groups excluding carboxylic acids is 2. The molecule has 0 aromatic carbocycles. The third-order valence-corrected chi connectivity index (χ3v) is 3.05. The Morgan fingerprint density at radius 2 is 2.05 bits per heavy atom. The molecule has 1 heterocycles. The number of nitrogens with zero attached hydrogens (tertiary/aromatic N) is 1. The second kappa shape index (κ2) is 8.13. The Morgan fingerprint density at radius 3 is 2.55 bits per heavy atom.